The van der Waals surface area contributed by atoms with Crippen LogP contribution in [-0.2, 0) is 0 Å². The molecule has 0 saturated carbocycles. The zero-order valence-electron chi connectivity index (χ0n) is 32.2. The van der Waals surface area contributed by atoms with Crippen LogP contribution in [0.1, 0.15) is 11.1 Å². The molecule has 0 unspecified atom stereocenters. The minimum Gasteiger partial charge on any atom is -0.436 e. The van der Waals surface area contributed by atoms with Crippen LogP contribution in [-0.4, -0.2) is 4.98 Å². The maximum Gasteiger partial charge on any atom is 0.227 e. The van der Waals surface area contributed by atoms with Crippen molar-refractivity contribution >= 4 is 71.3 Å². The molecule has 5 nitrogen and oxygen atoms in total. The second-order valence-corrected chi connectivity index (χ2v) is 15.1. The largest absolute Gasteiger partial charge is 0.436 e. The van der Waals surface area contributed by atoms with Gasteiger partial charge in [-0.05, 0) is 175 Å². The Morgan fingerprint density at radius 3 is 1.22 bits per heavy atom. The van der Waals surface area contributed by atoms with Gasteiger partial charge in [-0.3, -0.25) is 0 Å². The van der Waals surface area contributed by atoms with Crippen molar-refractivity contribution in [3.8, 4) is 45.8 Å². The van der Waals surface area contributed by atoms with Crippen molar-refractivity contribution in [2.45, 2.75) is 0 Å². The van der Waals surface area contributed by atoms with Gasteiger partial charge in [0.1, 0.15) is 5.52 Å². The topological polar surface area (TPSA) is 76.8 Å². The van der Waals surface area contributed by atoms with Gasteiger partial charge in [0.15, 0.2) is 5.58 Å². The zero-order valence-corrected chi connectivity index (χ0v) is 32.2. The molecule has 0 N–H and O–H groups in total. The zero-order chi connectivity index (χ0) is 40.2. The summed E-state index contributed by atoms with van der Waals surface area (Å²) < 4.78 is 6.12. The van der Waals surface area contributed by atoms with Crippen molar-refractivity contribution in [2.75, 3.05) is 4.90 Å². The number of benzene rings is 10. The fraction of sp³-hybridized carbons (Fsp3) is 0. The molecule has 60 heavy (non-hydrogen) atoms. The lowest BCUT2D eigenvalue weighted by Gasteiger charge is -2.26. The van der Waals surface area contributed by atoms with Crippen molar-refractivity contribution < 1.29 is 4.42 Å². The first-order chi connectivity index (χ1) is 29.5. The first-order valence-electron chi connectivity index (χ1n) is 19.8. The molecule has 10 aromatic carbocycles. The molecule has 0 aliphatic heterocycles. The highest BCUT2D eigenvalue weighted by Crippen LogP contribution is 2.40. The molecule has 0 atom stereocenters. The van der Waals surface area contributed by atoms with E-state index in [1.165, 1.54) is 0 Å². The summed E-state index contributed by atoms with van der Waals surface area (Å²) in [6, 6.07) is 71.7. The Bertz CT molecular complexity index is 3380. The molecule has 0 radical (unpaired) electrons. The maximum absolute atomic E-state index is 9.35. The molecule has 0 saturated heterocycles. The molecule has 0 aliphatic carbocycles. The number of fused-ring (bicyclic) bond motifs is 5. The van der Waals surface area contributed by atoms with Gasteiger partial charge in [0.25, 0.3) is 0 Å². The Morgan fingerprint density at radius 1 is 0.367 bits per heavy atom. The molecule has 5 heteroatoms. The predicted molar refractivity (Wildman–Crippen MR) is 244 cm³/mol. The van der Waals surface area contributed by atoms with Gasteiger partial charge in [0.05, 0.1) is 23.3 Å². The highest BCUT2D eigenvalue weighted by atomic mass is 16.3. The fourth-order valence-corrected chi connectivity index (χ4v) is 8.29. The average Bonchev–Trinajstić information content (AvgIpc) is 3.75. The van der Waals surface area contributed by atoms with Crippen molar-refractivity contribution in [3.05, 3.63) is 205 Å². The summed E-state index contributed by atoms with van der Waals surface area (Å²) in [5.41, 5.74) is 11.5. The van der Waals surface area contributed by atoms with E-state index in [1.807, 2.05) is 60.7 Å². The average molecular weight is 765 g/mol. The molecule has 0 amide bonds. The summed E-state index contributed by atoms with van der Waals surface area (Å²) in [6.07, 6.45) is 0. The van der Waals surface area contributed by atoms with E-state index in [2.05, 4.69) is 150 Å². The lowest BCUT2D eigenvalue weighted by molar-refractivity contribution is 0.620. The minimum absolute atomic E-state index is 0.592. The van der Waals surface area contributed by atoms with Crippen LogP contribution in [0.25, 0.3) is 87.9 Å². The van der Waals surface area contributed by atoms with Crippen molar-refractivity contribution in [2.24, 2.45) is 0 Å². The normalized spacial score (nSPS) is 11.3. The third-order valence-corrected chi connectivity index (χ3v) is 11.4. The van der Waals surface area contributed by atoms with Crippen LogP contribution in [0.15, 0.2) is 199 Å². The highest BCUT2D eigenvalue weighted by Gasteiger charge is 2.16. The van der Waals surface area contributed by atoms with E-state index in [9.17, 15) is 10.5 Å². The number of hydrogen-bond acceptors (Lipinski definition) is 5. The Hall–Kier alpha value is -8.51. The summed E-state index contributed by atoms with van der Waals surface area (Å²) in [7, 11) is 0. The summed E-state index contributed by atoms with van der Waals surface area (Å²) in [5.74, 6) is 0.592. The Labute approximate surface area is 345 Å². The van der Waals surface area contributed by atoms with Crippen LogP contribution in [0.2, 0.25) is 0 Å². The van der Waals surface area contributed by atoms with Crippen molar-refractivity contribution in [1.82, 2.24) is 4.98 Å². The van der Waals surface area contributed by atoms with Crippen LogP contribution in [0.5, 0.6) is 0 Å². The third kappa shape index (κ3) is 6.25. The molecule has 0 aliphatic rings. The predicted octanol–water partition coefficient (Wildman–Crippen LogP) is 14.7. The number of nitrogens with zero attached hydrogens (tertiary/aromatic N) is 4. The summed E-state index contributed by atoms with van der Waals surface area (Å²) in [4.78, 5) is 7.04. The van der Waals surface area contributed by atoms with Crippen LogP contribution in [0.4, 0.5) is 17.1 Å². The van der Waals surface area contributed by atoms with Gasteiger partial charge in [0, 0.05) is 22.6 Å². The number of nitriles is 2. The number of anilines is 3. The van der Waals surface area contributed by atoms with Gasteiger partial charge in [-0.25, -0.2) is 4.98 Å². The minimum atomic E-state index is 0.592. The molecular formula is C55H32N4O. The number of hydrogen-bond donors (Lipinski definition) is 0. The van der Waals surface area contributed by atoms with Crippen LogP contribution in [0.3, 0.4) is 0 Å². The van der Waals surface area contributed by atoms with E-state index in [-0.39, 0.29) is 0 Å². The molecular weight excluding hydrogens is 733 g/mol. The number of oxazole rings is 1. The van der Waals surface area contributed by atoms with E-state index in [1.54, 1.807) is 0 Å². The van der Waals surface area contributed by atoms with Crippen LogP contribution in [0, 0.1) is 22.7 Å². The quantitative estimate of drug-likeness (QED) is 0.168. The van der Waals surface area contributed by atoms with E-state index in [0.29, 0.717) is 17.0 Å². The summed E-state index contributed by atoms with van der Waals surface area (Å²) in [6.45, 7) is 0. The summed E-state index contributed by atoms with van der Waals surface area (Å²) in [5, 5.41) is 27.6. The van der Waals surface area contributed by atoms with Crippen molar-refractivity contribution in [1.29, 1.82) is 10.5 Å². The first kappa shape index (κ1) is 34.7. The first-order valence-corrected chi connectivity index (χ1v) is 19.8. The van der Waals surface area contributed by atoms with Crippen LogP contribution < -0.4 is 4.90 Å². The van der Waals surface area contributed by atoms with E-state index in [0.717, 1.165) is 99.1 Å². The van der Waals surface area contributed by atoms with Gasteiger partial charge >= 0.3 is 0 Å². The second kappa shape index (κ2) is 14.1. The molecule has 0 fully saturated rings. The lowest BCUT2D eigenvalue weighted by Crippen LogP contribution is -2.10. The lowest BCUT2D eigenvalue weighted by atomic mass is 9.97. The van der Waals surface area contributed by atoms with Crippen molar-refractivity contribution in [3.63, 3.8) is 0 Å². The molecule has 11 aromatic rings. The van der Waals surface area contributed by atoms with Gasteiger partial charge in [-0.2, -0.15) is 10.5 Å². The van der Waals surface area contributed by atoms with E-state index >= 15 is 0 Å². The number of rotatable bonds is 6. The van der Waals surface area contributed by atoms with Crippen LogP contribution >= 0.6 is 0 Å². The molecule has 11 rings (SSSR count). The SMILES string of the molecule is N#Cc1ccc2cc(-c3ccc4cc(N(c5ccc(-c6nc7ccccc7o6)cc5)c5ccc6cc(-c7ccc8cc(C#N)ccc8c7)ccc6c5)ccc4c3)ccc2c1. The fourth-order valence-electron chi connectivity index (χ4n) is 8.29. The molecule has 278 valence electrons. The van der Waals surface area contributed by atoms with Gasteiger partial charge in [0.2, 0.25) is 5.89 Å². The maximum atomic E-state index is 9.35. The van der Waals surface area contributed by atoms with E-state index < -0.39 is 0 Å². The third-order valence-electron chi connectivity index (χ3n) is 11.4. The molecule has 0 bridgehead atoms. The van der Waals surface area contributed by atoms with Gasteiger partial charge in [-0.1, -0.05) is 84.9 Å². The molecule has 0 spiro atoms. The number of aromatic nitrogens is 1. The Balaban J connectivity index is 0.972. The second-order valence-electron chi connectivity index (χ2n) is 15.1. The number of para-hydroxylation sites is 2. The Morgan fingerprint density at radius 2 is 0.750 bits per heavy atom. The van der Waals surface area contributed by atoms with Gasteiger partial charge in [-0.15, -0.1) is 0 Å². The molecule has 1 aromatic heterocycles. The van der Waals surface area contributed by atoms with E-state index in [4.69, 9.17) is 9.40 Å². The van der Waals surface area contributed by atoms with Gasteiger partial charge < -0.3 is 9.32 Å². The standard InChI is InChI=1S/C55H32N4O/c56-33-35-5-7-40-27-42(11-9-38(40)25-35)44-13-15-48-31-51(23-19-46(48)29-44)59(50-21-17-37(18-22-50)55-58-53-3-1-2-4-54(53)60-55)52-24-20-47-30-45(14-16-49(47)32-52)43-12-10-39-26-36(34-57)6-8-41(39)28-43/h1-32H. The Kier molecular flexibility index (Phi) is 8.19. The smallest absolute Gasteiger partial charge is 0.227 e. The molecule has 1 heterocycles. The summed E-state index contributed by atoms with van der Waals surface area (Å²) >= 11 is 0. The monoisotopic (exact) mass is 764 g/mol. The highest BCUT2D eigenvalue weighted by molar-refractivity contribution is 5.97.